The van der Waals surface area contributed by atoms with Crippen LogP contribution in [0.4, 0.5) is 0 Å². The van der Waals surface area contributed by atoms with E-state index in [0.717, 1.165) is 12.3 Å². The van der Waals surface area contributed by atoms with E-state index in [1.807, 2.05) is 0 Å². The number of benzene rings is 1. The summed E-state index contributed by atoms with van der Waals surface area (Å²) in [5.74, 6) is 0.985. The maximum atomic E-state index is 5.20. The van der Waals surface area contributed by atoms with Gasteiger partial charge in [-0.25, -0.2) is 0 Å². The van der Waals surface area contributed by atoms with Gasteiger partial charge in [-0.05, 0) is 23.8 Å². The molecule has 0 amide bonds. The Morgan fingerprint density at radius 3 is 2.79 bits per heavy atom. The average Bonchev–Trinajstić information content (AvgIpc) is 2.17. The van der Waals surface area contributed by atoms with Crippen LogP contribution in [0.25, 0.3) is 0 Å². The van der Waals surface area contributed by atoms with E-state index in [9.17, 15) is 0 Å². The smallest absolute Gasteiger partial charge is 0.119 e. The van der Waals surface area contributed by atoms with Gasteiger partial charge in [0.1, 0.15) is 12.3 Å². The number of fused-ring (bicyclic) bond motifs is 1. The molecule has 0 aliphatic carbocycles. The lowest BCUT2D eigenvalue weighted by Gasteiger charge is -2.22. The van der Waals surface area contributed by atoms with Crippen LogP contribution in [0.5, 0.6) is 5.75 Å². The fourth-order valence-corrected chi connectivity index (χ4v) is 1.90. The molecule has 78 valence electrons. The molecule has 0 bridgehead atoms. The van der Waals surface area contributed by atoms with Crippen molar-refractivity contribution < 1.29 is 22.0 Å². The third kappa shape index (κ3) is 2.20. The number of halogens is 1. The maximum Gasteiger partial charge on any atom is 0.119 e. The number of nitrogens with one attached hydrogen (secondary N) is 1. The fourth-order valence-electron chi connectivity index (χ4n) is 1.90. The highest BCUT2D eigenvalue weighted by Crippen LogP contribution is 2.18. The Balaban J connectivity index is 0.000000980. The lowest BCUT2D eigenvalue weighted by atomic mass is 10.00. The summed E-state index contributed by atoms with van der Waals surface area (Å²) in [5, 5.41) is 0. The molecule has 1 aromatic carbocycles. The van der Waals surface area contributed by atoms with Crippen molar-refractivity contribution in [3.05, 3.63) is 29.3 Å². The standard InChI is InChI=1S/C11H15NO.ClH/c1-12-6-5-9-7-11(13-2)4-3-10(9)8-12;/h3-4,7H,5-6,8H2,1-2H3;1H. The van der Waals surface area contributed by atoms with Crippen LogP contribution >= 0.6 is 0 Å². The molecule has 1 unspecified atom stereocenters. The van der Waals surface area contributed by atoms with Crippen molar-refractivity contribution in [2.24, 2.45) is 0 Å². The monoisotopic (exact) mass is 213 g/mol. The molecular weight excluding hydrogens is 198 g/mol. The first-order valence-corrected chi connectivity index (χ1v) is 4.76. The van der Waals surface area contributed by atoms with Gasteiger partial charge in [0.15, 0.2) is 0 Å². The van der Waals surface area contributed by atoms with E-state index in [0.29, 0.717) is 0 Å². The molecule has 0 saturated heterocycles. The number of rotatable bonds is 1. The molecule has 0 fully saturated rings. The Labute approximate surface area is 91.3 Å². The van der Waals surface area contributed by atoms with Crippen molar-refractivity contribution in [2.45, 2.75) is 13.0 Å². The highest BCUT2D eigenvalue weighted by atomic mass is 35.5. The zero-order chi connectivity index (χ0) is 9.26. The molecule has 1 N–H and O–H groups in total. The molecule has 2 nitrogen and oxygen atoms in total. The highest BCUT2D eigenvalue weighted by Gasteiger charge is 2.15. The van der Waals surface area contributed by atoms with Crippen LogP contribution in [-0.2, 0) is 13.0 Å². The third-order valence-corrected chi connectivity index (χ3v) is 2.73. The topological polar surface area (TPSA) is 13.7 Å². The number of hydrogen-bond donors (Lipinski definition) is 1. The van der Waals surface area contributed by atoms with Gasteiger partial charge in [0.2, 0.25) is 0 Å². The van der Waals surface area contributed by atoms with Crippen LogP contribution in [0, 0.1) is 0 Å². The van der Waals surface area contributed by atoms with Gasteiger partial charge >= 0.3 is 0 Å². The second-order valence-electron chi connectivity index (χ2n) is 3.77. The SMILES string of the molecule is COc1ccc2c(c1)CC[NH+](C)C2.[Cl-]. The van der Waals surface area contributed by atoms with E-state index >= 15 is 0 Å². The van der Waals surface area contributed by atoms with E-state index in [-0.39, 0.29) is 12.4 Å². The summed E-state index contributed by atoms with van der Waals surface area (Å²) >= 11 is 0. The first kappa shape index (κ1) is 11.3. The van der Waals surface area contributed by atoms with E-state index in [4.69, 9.17) is 4.74 Å². The van der Waals surface area contributed by atoms with Crippen LogP contribution in [0.2, 0.25) is 0 Å². The summed E-state index contributed by atoms with van der Waals surface area (Å²) in [6, 6.07) is 6.41. The van der Waals surface area contributed by atoms with Gasteiger partial charge in [0.25, 0.3) is 0 Å². The maximum absolute atomic E-state index is 5.20. The lowest BCUT2D eigenvalue weighted by Crippen LogP contribution is -3.08. The Morgan fingerprint density at radius 2 is 2.07 bits per heavy atom. The van der Waals surface area contributed by atoms with E-state index in [1.165, 1.54) is 24.1 Å². The molecule has 0 radical (unpaired) electrons. The Morgan fingerprint density at radius 1 is 1.29 bits per heavy atom. The number of quaternary nitrogens is 1. The van der Waals surface area contributed by atoms with Gasteiger partial charge in [-0.1, -0.05) is 0 Å². The zero-order valence-corrected chi connectivity index (χ0v) is 9.40. The third-order valence-electron chi connectivity index (χ3n) is 2.73. The second kappa shape index (κ2) is 4.67. The molecule has 1 atom stereocenters. The summed E-state index contributed by atoms with van der Waals surface area (Å²) in [5.41, 5.74) is 2.94. The predicted molar refractivity (Wildman–Crippen MR) is 52.2 cm³/mol. The lowest BCUT2D eigenvalue weighted by molar-refractivity contribution is -0.895. The number of likely N-dealkylation sites (N-methyl/N-ethyl adjacent to an activating group) is 1. The van der Waals surface area contributed by atoms with Gasteiger partial charge in [-0.15, -0.1) is 0 Å². The van der Waals surface area contributed by atoms with E-state index < -0.39 is 0 Å². The molecule has 0 saturated carbocycles. The van der Waals surface area contributed by atoms with Crippen LogP contribution in [0.15, 0.2) is 18.2 Å². The Hall–Kier alpha value is -0.730. The normalized spacial score (nSPS) is 19.4. The molecule has 1 aliphatic heterocycles. The quantitative estimate of drug-likeness (QED) is 0.535. The van der Waals surface area contributed by atoms with Gasteiger partial charge in [0.05, 0.1) is 20.7 Å². The summed E-state index contributed by atoms with van der Waals surface area (Å²) in [4.78, 5) is 1.60. The number of ether oxygens (including phenoxy) is 1. The molecule has 1 aromatic rings. The first-order chi connectivity index (χ1) is 6.29. The van der Waals surface area contributed by atoms with Crippen molar-refractivity contribution in [3.8, 4) is 5.75 Å². The van der Waals surface area contributed by atoms with Crippen LogP contribution in [0.3, 0.4) is 0 Å². The van der Waals surface area contributed by atoms with Gasteiger partial charge in [-0.2, -0.15) is 0 Å². The Kier molecular flexibility index (Phi) is 3.78. The van der Waals surface area contributed by atoms with Crippen molar-refractivity contribution in [1.29, 1.82) is 0 Å². The average molecular weight is 214 g/mol. The van der Waals surface area contributed by atoms with Crippen molar-refractivity contribution in [2.75, 3.05) is 20.7 Å². The summed E-state index contributed by atoms with van der Waals surface area (Å²) in [6.45, 7) is 2.39. The van der Waals surface area contributed by atoms with Crippen LogP contribution < -0.4 is 22.0 Å². The predicted octanol–water partition coefficient (Wildman–Crippen LogP) is -2.73. The minimum absolute atomic E-state index is 0. The summed E-state index contributed by atoms with van der Waals surface area (Å²) in [6.07, 6.45) is 1.18. The summed E-state index contributed by atoms with van der Waals surface area (Å²) in [7, 11) is 3.97. The number of hydrogen-bond acceptors (Lipinski definition) is 1. The zero-order valence-electron chi connectivity index (χ0n) is 8.64. The van der Waals surface area contributed by atoms with E-state index in [1.54, 1.807) is 12.0 Å². The van der Waals surface area contributed by atoms with Crippen molar-refractivity contribution >= 4 is 0 Å². The molecule has 14 heavy (non-hydrogen) atoms. The van der Waals surface area contributed by atoms with Gasteiger partial charge < -0.3 is 22.0 Å². The molecule has 0 aromatic heterocycles. The van der Waals surface area contributed by atoms with E-state index in [2.05, 4.69) is 25.2 Å². The molecule has 1 aliphatic rings. The minimum atomic E-state index is 0. The number of methoxy groups -OCH3 is 1. The first-order valence-electron chi connectivity index (χ1n) is 4.76. The van der Waals surface area contributed by atoms with Gasteiger partial charge in [-0.3, -0.25) is 0 Å². The largest absolute Gasteiger partial charge is 1.00 e. The fraction of sp³-hybridized carbons (Fsp3) is 0.455. The molecular formula is C11H16ClNO. The molecule has 3 heteroatoms. The van der Waals surface area contributed by atoms with Crippen LogP contribution in [0.1, 0.15) is 11.1 Å². The molecule has 0 spiro atoms. The van der Waals surface area contributed by atoms with Crippen molar-refractivity contribution in [3.63, 3.8) is 0 Å². The second-order valence-corrected chi connectivity index (χ2v) is 3.77. The molecule has 1 heterocycles. The minimum Gasteiger partial charge on any atom is -1.00 e. The van der Waals surface area contributed by atoms with Gasteiger partial charge in [0, 0.05) is 12.0 Å². The summed E-state index contributed by atoms with van der Waals surface area (Å²) < 4.78 is 5.20. The van der Waals surface area contributed by atoms with Crippen molar-refractivity contribution in [1.82, 2.24) is 0 Å². The Bertz CT molecular complexity index is 314. The van der Waals surface area contributed by atoms with Crippen LogP contribution in [-0.4, -0.2) is 20.7 Å². The molecule has 2 rings (SSSR count). The highest BCUT2D eigenvalue weighted by molar-refractivity contribution is 5.36.